The first-order valence-electron chi connectivity index (χ1n) is 10.1. The van der Waals surface area contributed by atoms with E-state index in [9.17, 15) is 24.0 Å². The van der Waals surface area contributed by atoms with E-state index in [2.05, 4.69) is 5.32 Å². The highest BCUT2D eigenvalue weighted by molar-refractivity contribution is 8.17. The molecule has 1 N–H and O–H groups in total. The lowest BCUT2D eigenvalue weighted by Gasteiger charge is -2.38. The second kappa shape index (κ2) is 15.8. The number of amides is 1. The zero-order chi connectivity index (χ0) is 24.8. The van der Waals surface area contributed by atoms with Gasteiger partial charge in [0.2, 0.25) is 5.91 Å². The van der Waals surface area contributed by atoms with E-state index in [0.717, 1.165) is 13.8 Å². The smallest absolute Gasteiger partial charge is 0.303 e. The molecule has 184 valence electrons. The summed E-state index contributed by atoms with van der Waals surface area (Å²) < 4.78 is 20.9. The first kappa shape index (κ1) is 30.0. The van der Waals surface area contributed by atoms with Crippen LogP contribution < -0.4 is 5.32 Å². The minimum atomic E-state index is -1.35. The van der Waals surface area contributed by atoms with Crippen LogP contribution in [0, 0.1) is 0 Å². The summed E-state index contributed by atoms with van der Waals surface area (Å²) in [6, 6.07) is -0.814. The van der Waals surface area contributed by atoms with E-state index in [1.54, 1.807) is 0 Å². The molecule has 0 aromatic heterocycles. The Hall–Kier alpha value is -1.95. The number of carbonyl (C=O) groups excluding carboxylic acids is 5. The van der Waals surface area contributed by atoms with Crippen LogP contribution in [0.15, 0.2) is 0 Å². The third-order valence-corrected chi connectivity index (χ3v) is 6.47. The van der Waals surface area contributed by atoms with Crippen molar-refractivity contribution >= 4 is 53.3 Å². The Morgan fingerprint density at radius 1 is 0.719 bits per heavy atom. The van der Waals surface area contributed by atoms with Crippen molar-refractivity contribution in [3.8, 4) is 0 Å². The molecule has 0 saturated heterocycles. The molecule has 0 aliphatic carbocycles. The van der Waals surface area contributed by atoms with Gasteiger partial charge in [-0.2, -0.15) is 0 Å². The molecule has 0 bridgehead atoms. The summed E-state index contributed by atoms with van der Waals surface area (Å²) in [6.07, 6.45) is -3.86. The largest absolute Gasteiger partial charge is 0.462 e. The molecule has 0 rings (SSSR count). The molecule has 0 aliphatic heterocycles. The van der Waals surface area contributed by atoms with E-state index in [-0.39, 0.29) is 4.58 Å². The summed E-state index contributed by atoms with van der Waals surface area (Å²) in [5, 5.41) is 2.78. The van der Waals surface area contributed by atoms with Gasteiger partial charge < -0.3 is 24.3 Å². The second-order valence-electron chi connectivity index (χ2n) is 6.60. The number of esters is 4. The number of rotatable bonds is 14. The summed E-state index contributed by atoms with van der Waals surface area (Å²) in [4.78, 5) is 59.1. The van der Waals surface area contributed by atoms with E-state index in [1.165, 1.54) is 44.3 Å². The number of thioether (sulfide) groups is 2. The van der Waals surface area contributed by atoms with Gasteiger partial charge in [0.25, 0.3) is 0 Å². The fourth-order valence-corrected chi connectivity index (χ4v) is 5.53. The van der Waals surface area contributed by atoms with Crippen molar-refractivity contribution in [1.82, 2.24) is 5.32 Å². The predicted molar refractivity (Wildman–Crippen MR) is 121 cm³/mol. The lowest BCUT2D eigenvalue weighted by atomic mass is 10.0. The fraction of sp³-hybridized carbons (Fsp3) is 0.750. The van der Waals surface area contributed by atoms with Crippen LogP contribution in [0.3, 0.4) is 0 Å². The maximum absolute atomic E-state index is 12.0. The minimum absolute atomic E-state index is 0.289. The number of hydrogen-bond donors (Lipinski definition) is 1. The van der Waals surface area contributed by atoms with Gasteiger partial charge in [-0.25, -0.2) is 0 Å². The highest BCUT2D eigenvalue weighted by Crippen LogP contribution is 2.32. The lowest BCUT2D eigenvalue weighted by molar-refractivity contribution is -0.191. The molecule has 1 amide bonds. The summed E-state index contributed by atoms with van der Waals surface area (Å²) in [5.41, 5.74) is 0. The van der Waals surface area contributed by atoms with Gasteiger partial charge in [0, 0.05) is 34.6 Å². The number of nitrogens with one attached hydrogen (secondary N) is 1. The van der Waals surface area contributed by atoms with Crippen LogP contribution in [-0.4, -0.2) is 76.8 Å². The monoisotopic (exact) mass is 495 g/mol. The SMILES string of the molecule is CCSC(SCC)[C@H](NC(C)=O)[C@H](OC(C)=O)[C@H](OC(C)=O)[C@@H](COC(C)=O)OC(C)=O. The van der Waals surface area contributed by atoms with Crippen LogP contribution >= 0.6 is 23.5 Å². The van der Waals surface area contributed by atoms with Gasteiger partial charge in [0.15, 0.2) is 18.3 Å². The molecule has 0 aromatic rings. The summed E-state index contributed by atoms with van der Waals surface area (Å²) in [5.74, 6) is -1.81. The highest BCUT2D eigenvalue weighted by atomic mass is 32.2. The molecule has 4 atom stereocenters. The van der Waals surface area contributed by atoms with Gasteiger partial charge in [-0.15, -0.1) is 23.5 Å². The fourth-order valence-electron chi connectivity index (χ4n) is 2.81. The minimum Gasteiger partial charge on any atom is -0.462 e. The third-order valence-electron chi connectivity index (χ3n) is 3.74. The third kappa shape index (κ3) is 12.2. The van der Waals surface area contributed by atoms with Crippen LogP contribution in [0.4, 0.5) is 0 Å². The zero-order valence-electron chi connectivity index (χ0n) is 19.5. The Kier molecular flexibility index (Phi) is 14.8. The average molecular weight is 496 g/mol. The first-order chi connectivity index (χ1) is 14.9. The van der Waals surface area contributed by atoms with E-state index in [0.29, 0.717) is 11.5 Å². The molecule has 0 aromatic carbocycles. The van der Waals surface area contributed by atoms with Crippen molar-refractivity contribution in [2.24, 2.45) is 0 Å². The Labute approximate surface area is 197 Å². The van der Waals surface area contributed by atoms with Crippen LogP contribution in [-0.2, 0) is 42.9 Å². The topological polar surface area (TPSA) is 134 Å². The van der Waals surface area contributed by atoms with Crippen molar-refractivity contribution in [2.45, 2.75) is 77.4 Å². The molecule has 0 aliphatic rings. The van der Waals surface area contributed by atoms with Crippen molar-refractivity contribution in [3.63, 3.8) is 0 Å². The average Bonchev–Trinajstić information content (AvgIpc) is 2.65. The molecule has 12 heteroatoms. The van der Waals surface area contributed by atoms with Crippen LogP contribution in [0.1, 0.15) is 48.5 Å². The van der Waals surface area contributed by atoms with Crippen LogP contribution in [0.2, 0.25) is 0 Å². The Balaban J connectivity index is 6.51. The predicted octanol–water partition coefficient (Wildman–Crippen LogP) is 1.68. The maximum Gasteiger partial charge on any atom is 0.303 e. The number of hydrogen-bond acceptors (Lipinski definition) is 11. The summed E-state index contributed by atoms with van der Waals surface area (Å²) in [7, 11) is 0. The Morgan fingerprint density at radius 2 is 1.19 bits per heavy atom. The lowest BCUT2D eigenvalue weighted by Crippen LogP contribution is -2.59. The van der Waals surface area contributed by atoms with Crippen LogP contribution in [0.25, 0.3) is 0 Å². The summed E-state index contributed by atoms with van der Waals surface area (Å²) in [6.45, 7) is 9.36. The Bertz CT molecular complexity index is 653. The normalized spacial score (nSPS) is 14.5. The molecule has 0 fully saturated rings. The molecule has 0 saturated carbocycles. The van der Waals surface area contributed by atoms with E-state index < -0.39 is 60.7 Å². The van der Waals surface area contributed by atoms with Crippen molar-refractivity contribution in [1.29, 1.82) is 0 Å². The molecule has 32 heavy (non-hydrogen) atoms. The van der Waals surface area contributed by atoms with Gasteiger partial charge in [-0.3, -0.25) is 24.0 Å². The molecule has 0 unspecified atom stereocenters. The summed E-state index contributed by atoms with van der Waals surface area (Å²) >= 11 is 3.02. The molecule has 10 nitrogen and oxygen atoms in total. The molecule has 0 radical (unpaired) electrons. The number of ether oxygens (including phenoxy) is 4. The van der Waals surface area contributed by atoms with Crippen LogP contribution in [0.5, 0.6) is 0 Å². The number of carbonyl (C=O) groups is 5. The van der Waals surface area contributed by atoms with Gasteiger partial charge in [0.1, 0.15) is 6.61 Å². The molecule has 0 heterocycles. The van der Waals surface area contributed by atoms with E-state index in [1.807, 2.05) is 13.8 Å². The van der Waals surface area contributed by atoms with E-state index in [4.69, 9.17) is 18.9 Å². The Morgan fingerprint density at radius 3 is 1.56 bits per heavy atom. The zero-order valence-corrected chi connectivity index (χ0v) is 21.1. The van der Waals surface area contributed by atoms with Gasteiger partial charge >= 0.3 is 23.9 Å². The van der Waals surface area contributed by atoms with Gasteiger partial charge in [-0.1, -0.05) is 13.8 Å². The second-order valence-corrected chi connectivity index (χ2v) is 9.74. The highest BCUT2D eigenvalue weighted by Gasteiger charge is 2.45. The van der Waals surface area contributed by atoms with Gasteiger partial charge in [-0.05, 0) is 11.5 Å². The molecule has 0 spiro atoms. The molecular formula is C20H33NO9S2. The quantitative estimate of drug-likeness (QED) is 0.214. The van der Waals surface area contributed by atoms with Crippen molar-refractivity contribution < 1.29 is 42.9 Å². The standard InChI is InChI=1S/C20H33NO9S2/c1-8-31-20(32-9-2)17(21-11(3)22)19(30-15(7)26)18(29-14(6)25)16(28-13(5)24)10-27-12(4)23/h16-20H,8-10H2,1-7H3,(H,21,22)/t16-,17-,18-,19+/m1/s1. The maximum atomic E-state index is 12.0. The first-order valence-corrected chi connectivity index (χ1v) is 12.2. The van der Waals surface area contributed by atoms with Crippen molar-refractivity contribution in [3.05, 3.63) is 0 Å². The van der Waals surface area contributed by atoms with Gasteiger partial charge in [0.05, 0.1) is 10.6 Å². The molecular weight excluding hydrogens is 462 g/mol. The van der Waals surface area contributed by atoms with E-state index >= 15 is 0 Å². The van der Waals surface area contributed by atoms with Crippen molar-refractivity contribution in [2.75, 3.05) is 18.1 Å².